The number of benzene rings is 2. The summed E-state index contributed by atoms with van der Waals surface area (Å²) < 4.78 is 91.3. The molecule has 2 N–H and O–H groups in total. The Labute approximate surface area is 212 Å². The number of hydrogen-bond acceptors (Lipinski definition) is 2. The Hall–Kier alpha value is -2.41. The van der Waals surface area contributed by atoms with Gasteiger partial charge in [-0.3, -0.25) is 9.59 Å². The topological polar surface area (TPSA) is 58.2 Å². The van der Waals surface area contributed by atoms with Crippen LogP contribution in [0.25, 0.3) is 6.08 Å². The summed E-state index contributed by atoms with van der Waals surface area (Å²) in [5.41, 5.74) is -0.0401. The van der Waals surface area contributed by atoms with Crippen molar-refractivity contribution in [1.29, 1.82) is 0 Å². The van der Waals surface area contributed by atoms with Crippen LogP contribution in [-0.2, 0) is 4.79 Å². The molecule has 0 saturated heterocycles. The van der Waals surface area contributed by atoms with Crippen molar-refractivity contribution in [2.24, 2.45) is 0 Å². The summed E-state index contributed by atoms with van der Waals surface area (Å²) in [6, 6.07) is 5.62. The fourth-order valence-corrected chi connectivity index (χ4v) is 3.93. The molecule has 2 atom stereocenters. The quantitative estimate of drug-likeness (QED) is 0.342. The van der Waals surface area contributed by atoms with Crippen molar-refractivity contribution < 1.29 is 40.3 Å². The van der Waals surface area contributed by atoms with Gasteiger partial charge < -0.3 is 10.6 Å². The number of amides is 2. The number of hydrogen-bond donors (Lipinski definition) is 2. The third kappa shape index (κ3) is 8.95. The van der Waals surface area contributed by atoms with Gasteiger partial charge in [0.25, 0.3) is 5.91 Å². The van der Waals surface area contributed by atoms with E-state index in [1.165, 1.54) is 25.1 Å². The summed E-state index contributed by atoms with van der Waals surface area (Å²) in [6.07, 6.45) is -7.32. The predicted molar refractivity (Wildman–Crippen MR) is 122 cm³/mol. The minimum atomic E-state index is -4.70. The minimum absolute atomic E-state index is 0.000876. The first-order valence-corrected chi connectivity index (χ1v) is 11.3. The Morgan fingerprint density at radius 1 is 1.03 bits per heavy atom. The van der Waals surface area contributed by atoms with Gasteiger partial charge in [0.1, 0.15) is 18.4 Å². The lowest BCUT2D eigenvalue weighted by molar-refractivity contribution is -0.139. The molecular weight excluding hydrogens is 617 g/mol. The lowest BCUT2D eigenvalue weighted by atomic mass is 9.97. The SMILES string of the molecule is C[C@@H](NC(=O)c1ccc(/C=C/C(c2cc(F)cc(Br)c2)C(F)(F)F)cc1Br)C(=O)NCC(F)(F)F. The highest BCUT2D eigenvalue weighted by Gasteiger charge is 2.39. The lowest BCUT2D eigenvalue weighted by Gasteiger charge is -2.18. The molecule has 2 aromatic rings. The molecule has 4 nitrogen and oxygen atoms in total. The fraction of sp³-hybridized carbons (Fsp3) is 0.273. The van der Waals surface area contributed by atoms with E-state index in [0.717, 1.165) is 30.4 Å². The smallest absolute Gasteiger partial charge is 0.345 e. The summed E-state index contributed by atoms with van der Waals surface area (Å²) in [5.74, 6) is -4.78. The number of carbonyl (C=O) groups is 2. The van der Waals surface area contributed by atoms with E-state index in [0.29, 0.717) is 0 Å². The fourth-order valence-electron chi connectivity index (χ4n) is 2.87. The molecular formula is C22H17Br2F7N2O2. The molecule has 190 valence electrons. The van der Waals surface area contributed by atoms with Gasteiger partial charge in [0.2, 0.25) is 5.91 Å². The molecule has 35 heavy (non-hydrogen) atoms. The third-order valence-corrected chi connectivity index (χ3v) is 5.63. The molecule has 2 amide bonds. The molecule has 13 heteroatoms. The van der Waals surface area contributed by atoms with E-state index in [2.05, 4.69) is 37.2 Å². The molecule has 2 rings (SSSR count). The lowest BCUT2D eigenvalue weighted by Crippen LogP contribution is -2.47. The zero-order chi connectivity index (χ0) is 26.6. The van der Waals surface area contributed by atoms with Crippen molar-refractivity contribution in [3.8, 4) is 0 Å². The maximum Gasteiger partial charge on any atom is 0.405 e. The summed E-state index contributed by atoms with van der Waals surface area (Å²) in [7, 11) is 0. The molecule has 1 unspecified atom stereocenters. The molecule has 0 spiro atoms. The van der Waals surface area contributed by atoms with Crippen LogP contribution < -0.4 is 10.6 Å². The van der Waals surface area contributed by atoms with Crippen LogP contribution in [0.1, 0.15) is 34.3 Å². The third-order valence-electron chi connectivity index (χ3n) is 4.52. The number of alkyl halides is 6. The second kappa shape index (κ2) is 11.5. The summed E-state index contributed by atoms with van der Waals surface area (Å²) in [6.45, 7) is -0.362. The summed E-state index contributed by atoms with van der Waals surface area (Å²) in [4.78, 5) is 24.1. The highest BCUT2D eigenvalue weighted by molar-refractivity contribution is 9.10. The van der Waals surface area contributed by atoms with Crippen molar-refractivity contribution in [2.45, 2.75) is 31.2 Å². The van der Waals surface area contributed by atoms with Crippen molar-refractivity contribution in [2.75, 3.05) is 6.54 Å². The van der Waals surface area contributed by atoms with E-state index < -0.39 is 48.5 Å². The molecule has 0 aromatic heterocycles. The van der Waals surface area contributed by atoms with Gasteiger partial charge in [-0.15, -0.1) is 0 Å². The molecule has 0 heterocycles. The Balaban J connectivity index is 2.16. The van der Waals surface area contributed by atoms with E-state index >= 15 is 0 Å². The zero-order valence-electron chi connectivity index (χ0n) is 17.7. The molecule has 0 bridgehead atoms. The van der Waals surface area contributed by atoms with Crippen LogP contribution in [0, 0.1) is 5.82 Å². The highest BCUT2D eigenvalue weighted by Crippen LogP contribution is 2.38. The van der Waals surface area contributed by atoms with Gasteiger partial charge in [0.15, 0.2) is 0 Å². The normalized spacial score (nSPS) is 14.0. The van der Waals surface area contributed by atoms with Crippen molar-refractivity contribution >= 4 is 49.8 Å². The Bertz CT molecular complexity index is 1100. The summed E-state index contributed by atoms with van der Waals surface area (Å²) in [5, 5.41) is 3.88. The maximum atomic E-state index is 13.6. The van der Waals surface area contributed by atoms with E-state index in [1.54, 1.807) is 5.32 Å². The number of carbonyl (C=O) groups excluding carboxylic acids is 2. The van der Waals surface area contributed by atoms with Crippen LogP contribution in [0.15, 0.2) is 51.4 Å². The van der Waals surface area contributed by atoms with Crippen LogP contribution in [0.2, 0.25) is 0 Å². The molecule has 0 aliphatic carbocycles. The van der Waals surface area contributed by atoms with Crippen molar-refractivity contribution in [1.82, 2.24) is 10.6 Å². The first kappa shape index (κ1) is 28.8. The van der Waals surface area contributed by atoms with E-state index in [1.807, 2.05) is 0 Å². The number of rotatable bonds is 7. The minimum Gasteiger partial charge on any atom is -0.345 e. The molecule has 0 aliphatic rings. The van der Waals surface area contributed by atoms with Gasteiger partial charge in [0, 0.05) is 8.95 Å². The van der Waals surface area contributed by atoms with Gasteiger partial charge in [-0.1, -0.05) is 34.1 Å². The predicted octanol–water partition coefficient (Wildman–Crippen LogP) is 6.51. The average Bonchev–Trinajstić information content (AvgIpc) is 2.69. The van der Waals surface area contributed by atoms with E-state index in [-0.39, 0.29) is 25.6 Å². The maximum absolute atomic E-state index is 13.6. The zero-order valence-corrected chi connectivity index (χ0v) is 20.9. The van der Waals surface area contributed by atoms with Gasteiger partial charge in [-0.25, -0.2) is 4.39 Å². The van der Waals surface area contributed by atoms with Gasteiger partial charge in [-0.05, 0) is 64.3 Å². The van der Waals surface area contributed by atoms with Crippen LogP contribution in [0.5, 0.6) is 0 Å². The first-order valence-electron chi connectivity index (χ1n) is 9.72. The average molecular weight is 634 g/mol. The van der Waals surface area contributed by atoms with Crippen LogP contribution in [0.3, 0.4) is 0 Å². The Morgan fingerprint density at radius 2 is 1.69 bits per heavy atom. The van der Waals surface area contributed by atoms with Crippen molar-refractivity contribution in [3.63, 3.8) is 0 Å². The van der Waals surface area contributed by atoms with Gasteiger partial charge in [0.05, 0.1) is 11.5 Å². The largest absolute Gasteiger partial charge is 0.405 e. The molecule has 2 aromatic carbocycles. The first-order chi connectivity index (χ1) is 16.1. The number of allylic oxidation sites excluding steroid dienone is 1. The Kier molecular flexibility index (Phi) is 9.51. The van der Waals surface area contributed by atoms with Gasteiger partial charge >= 0.3 is 12.4 Å². The number of halogens is 9. The monoisotopic (exact) mass is 632 g/mol. The van der Waals surface area contributed by atoms with Crippen molar-refractivity contribution in [3.05, 3.63) is 73.9 Å². The van der Waals surface area contributed by atoms with Crippen LogP contribution in [-0.4, -0.2) is 36.8 Å². The number of nitrogens with one attached hydrogen (secondary N) is 2. The molecule has 0 fully saturated rings. The standard InChI is InChI=1S/C22H17Br2F7N2O2/c1-11(19(34)32-10-21(26,27)28)33-20(35)16-4-2-12(6-18(16)24)3-5-17(22(29,30)31)13-7-14(23)9-15(25)8-13/h2-9,11,17H,10H2,1H3,(H,32,34)(H,33,35)/b5-3+/t11-,17?/m1/s1. The van der Waals surface area contributed by atoms with Crippen LogP contribution >= 0.6 is 31.9 Å². The highest BCUT2D eigenvalue weighted by atomic mass is 79.9. The van der Waals surface area contributed by atoms with E-state index in [4.69, 9.17) is 0 Å². The molecule has 0 aliphatic heterocycles. The molecule has 0 saturated carbocycles. The Morgan fingerprint density at radius 3 is 2.23 bits per heavy atom. The molecule has 0 radical (unpaired) electrons. The second-order valence-corrected chi connectivity index (χ2v) is 9.12. The van der Waals surface area contributed by atoms with Gasteiger partial charge in [-0.2, -0.15) is 26.3 Å². The summed E-state index contributed by atoms with van der Waals surface area (Å²) >= 11 is 6.09. The van der Waals surface area contributed by atoms with Crippen LogP contribution in [0.4, 0.5) is 30.7 Å². The van der Waals surface area contributed by atoms with E-state index in [9.17, 15) is 40.3 Å². The second-order valence-electron chi connectivity index (χ2n) is 7.35.